The maximum Gasteiger partial charge on any atom is 0.142 e. The summed E-state index contributed by atoms with van der Waals surface area (Å²) >= 11 is 0. The zero-order chi connectivity index (χ0) is 12.8. The minimum atomic E-state index is -0.770. The van der Waals surface area contributed by atoms with E-state index in [-0.39, 0.29) is 13.2 Å². The van der Waals surface area contributed by atoms with Gasteiger partial charge in [0.25, 0.3) is 0 Å². The fraction of sp³-hybridized carbons (Fsp3) is 0.727. The molecule has 0 heterocycles. The molecule has 0 aromatic rings. The summed E-state index contributed by atoms with van der Waals surface area (Å²) in [6.07, 6.45) is 2.41. The summed E-state index contributed by atoms with van der Waals surface area (Å²) in [4.78, 5) is 9.95. The fourth-order valence-corrected chi connectivity index (χ4v) is 0.938. The van der Waals surface area contributed by atoms with Gasteiger partial charge in [0.05, 0.1) is 52.4 Å². The normalized spacial score (nSPS) is 13.1. The van der Waals surface area contributed by atoms with E-state index in [9.17, 15) is 9.90 Å². The number of carbonyl (C=O) groups excluding carboxylic acids is 1. The highest BCUT2D eigenvalue weighted by Gasteiger charge is 1.98. The van der Waals surface area contributed by atoms with Crippen LogP contribution in [-0.4, -0.2) is 68.9 Å². The van der Waals surface area contributed by atoms with Crippen molar-refractivity contribution in [1.29, 1.82) is 0 Å². The first-order valence-corrected chi connectivity index (χ1v) is 5.45. The Morgan fingerprint density at radius 1 is 1.00 bits per heavy atom. The summed E-state index contributed by atoms with van der Waals surface area (Å²) in [5.74, 6) is 0. The van der Waals surface area contributed by atoms with Crippen LogP contribution >= 0.6 is 0 Å². The molecule has 17 heavy (non-hydrogen) atoms. The van der Waals surface area contributed by atoms with Crippen molar-refractivity contribution >= 4 is 6.29 Å². The van der Waals surface area contributed by atoms with E-state index in [0.717, 1.165) is 0 Å². The third-order valence-corrected chi connectivity index (χ3v) is 1.68. The molecule has 0 aliphatic rings. The van der Waals surface area contributed by atoms with Gasteiger partial charge in [-0.1, -0.05) is 6.08 Å². The number of aliphatic hydroxyl groups excluding tert-OH is 2. The van der Waals surface area contributed by atoms with Crippen LogP contribution in [0.3, 0.4) is 0 Å². The predicted octanol–water partition coefficient (Wildman–Crippen LogP) is -0.855. The van der Waals surface area contributed by atoms with Crippen molar-refractivity contribution in [2.24, 2.45) is 0 Å². The van der Waals surface area contributed by atoms with Crippen LogP contribution in [-0.2, 0) is 19.0 Å². The third-order valence-electron chi connectivity index (χ3n) is 1.68. The first kappa shape index (κ1) is 16.2. The Hall–Kier alpha value is -0.790. The first-order valence-electron chi connectivity index (χ1n) is 5.45. The van der Waals surface area contributed by atoms with E-state index < -0.39 is 6.10 Å². The average molecular weight is 248 g/mol. The molecule has 0 radical (unpaired) electrons. The van der Waals surface area contributed by atoms with Gasteiger partial charge in [-0.25, -0.2) is 0 Å². The monoisotopic (exact) mass is 248 g/mol. The Morgan fingerprint density at radius 2 is 1.59 bits per heavy atom. The number of aldehydes is 1. The van der Waals surface area contributed by atoms with Crippen LogP contribution in [0, 0.1) is 0 Å². The van der Waals surface area contributed by atoms with Crippen molar-refractivity contribution in [3.05, 3.63) is 12.2 Å². The van der Waals surface area contributed by atoms with Gasteiger partial charge < -0.3 is 24.4 Å². The molecule has 0 spiro atoms. The number of hydrogen-bond acceptors (Lipinski definition) is 6. The fourth-order valence-electron chi connectivity index (χ4n) is 0.938. The van der Waals surface area contributed by atoms with Crippen molar-refractivity contribution in [2.75, 3.05) is 46.2 Å². The molecule has 0 fully saturated rings. The lowest BCUT2D eigenvalue weighted by atomic mass is 10.3. The maximum absolute atomic E-state index is 9.95. The lowest BCUT2D eigenvalue weighted by Gasteiger charge is -2.08. The molecule has 6 heteroatoms. The Morgan fingerprint density at radius 3 is 2.18 bits per heavy atom. The van der Waals surface area contributed by atoms with Crippen LogP contribution in [0.4, 0.5) is 0 Å². The molecule has 0 saturated carbocycles. The summed E-state index contributed by atoms with van der Waals surface area (Å²) in [5, 5.41) is 17.6. The van der Waals surface area contributed by atoms with Gasteiger partial charge in [-0.3, -0.25) is 4.79 Å². The van der Waals surface area contributed by atoms with Crippen molar-refractivity contribution in [3.8, 4) is 0 Å². The summed E-state index contributed by atoms with van der Waals surface area (Å²) in [7, 11) is 0. The first-order chi connectivity index (χ1) is 8.31. The van der Waals surface area contributed by atoms with Crippen LogP contribution in [0.1, 0.15) is 0 Å². The van der Waals surface area contributed by atoms with E-state index in [2.05, 4.69) is 0 Å². The van der Waals surface area contributed by atoms with Crippen LogP contribution in [0.5, 0.6) is 0 Å². The molecule has 0 amide bonds. The zero-order valence-electron chi connectivity index (χ0n) is 9.79. The van der Waals surface area contributed by atoms with Gasteiger partial charge in [-0.15, -0.1) is 0 Å². The molecule has 1 atom stereocenters. The zero-order valence-corrected chi connectivity index (χ0v) is 9.79. The van der Waals surface area contributed by atoms with Crippen molar-refractivity contribution in [1.82, 2.24) is 0 Å². The second-order valence-corrected chi connectivity index (χ2v) is 3.11. The van der Waals surface area contributed by atoms with E-state index >= 15 is 0 Å². The van der Waals surface area contributed by atoms with Gasteiger partial charge in [0, 0.05) is 0 Å². The molecule has 100 valence electrons. The highest BCUT2D eigenvalue weighted by atomic mass is 16.5. The second-order valence-electron chi connectivity index (χ2n) is 3.11. The third kappa shape index (κ3) is 13.1. The summed E-state index contributed by atoms with van der Waals surface area (Å²) in [6.45, 7) is 2.11. The molecule has 1 unspecified atom stereocenters. The molecule has 2 N–H and O–H groups in total. The van der Waals surface area contributed by atoms with Gasteiger partial charge in [-0.05, 0) is 6.08 Å². The maximum atomic E-state index is 9.95. The SMILES string of the molecule is O=CC=CC(O)COCCOCCOCCO. The molecule has 0 aliphatic heterocycles. The Bertz CT molecular complexity index is 194. The van der Waals surface area contributed by atoms with E-state index in [4.69, 9.17) is 19.3 Å². The Labute approximate surface area is 101 Å². The van der Waals surface area contributed by atoms with Gasteiger partial charge >= 0.3 is 0 Å². The molecule has 6 nitrogen and oxygen atoms in total. The molecule has 0 aromatic carbocycles. The van der Waals surface area contributed by atoms with Gasteiger partial charge in [-0.2, -0.15) is 0 Å². The predicted molar refractivity (Wildman–Crippen MR) is 60.8 cm³/mol. The van der Waals surface area contributed by atoms with Crippen LogP contribution in [0.2, 0.25) is 0 Å². The number of allylic oxidation sites excluding steroid dienone is 1. The summed E-state index contributed by atoms with van der Waals surface area (Å²) in [6, 6.07) is 0. The molecular weight excluding hydrogens is 228 g/mol. The van der Waals surface area contributed by atoms with Crippen molar-refractivity contribution < 1.29 is 29.2 Å². The molecular formula is C11H20O6. The minimum Gasteiger partial charge on any atom is -0.394 e. The van der Waals surface area contributed by atoms with E-state index in [1.165, 1.54) is 12.2 Å². The number of hydrogen-bond donors (Lipinski definition) is 2. The number of ether oxygens (including phenoxy) is 3. The number of rotatable bonds is 12. The Balaban J connectivity index is 3.12. The lowest BCUT2D eigenvalue weighted by molar-refractivity contribution is -0.104. The standard InChI is InChI=1S/C11H20O6/c12-3-1-2-11(14)10-17-9-8-16-7-6-15-5-4-13/h1-3,11,13-14H,4-10H2. The van der Waals surface area contributed by atoms with Gasteiger partial charge in [0.2, 0.25) is 0 Å². The molecule has 0 bridgehead atoms. The molecule has 0 saturated heterocycles. The van der Waals surface area contributed by atoms with E-state index in [1.807, 2.05) is 0 Å². The van der Waals surface area contributed by atoms with Gasteiger partial charge in [0.15, 0.2) is 0 Å². The number of aliphatic hydroxyl groups is 2. The topological polar surface area (TPSA) is 85.2 Å². The highest BCUT2D eigenvalue weighted by molar-refractivity contribution is 5.64. The van der Waals surface area contributed by atoms with Crippen molar-refractivity contribution in [3.63, 3.8) is 0 Å². The van der Waals surface area contributed by atoms with Gasteiger partial charge in [0.1, 0.15) is 6.29 Å². The second kappa shape index (κ2) is 13.3. The molecule has 0 rings (SSSR count). The molecule has 0 aliphatic carbocycles. The average Bonchev–Trinajstić information content (AvgIpc) is 2.34. The Kier molecular flexibility index (Phi) is 12.7. The van der Waals surface area contributed by atoms with E-state index in [0.29, 0.717) is 39.3 Å². The van der Waals surface area contributed by atoms with Crippen LogP contribution < -0.4 is 0 Å². The van der Waals surface area contributed by atoms with Crippen LogP contribution in [0.25, 0.3) is 0 Å². The lowest BCUT2D eigenvalue weighted by Crippen LogP contribution is -2.16. The minimum absolute atomic E-state index is 0.00923. The smallest absolute Gasteiger partial charge is 0.142 e. The molecule has 0 aromatic heterocycles. The van der Waals surface area contributed by atoms with Crippen molar-refractivity contribution in [2.45, 2.75) is 6.10 Å². The van der Waals surface area contributed by atoms with E-state index in [1.54, 1.807) is 0 Å². The highest BCUT2D eigenvalue weighted by Crippen LogP contribution is 1.88. The van der Waals surface area contributed by atoms with Crippen LogP contribution in [0.15, 0.2) is 12.2 Å². The largest absolute Gasteiger partial charge is 0.394 e. The summed E-state index contributed by atoms with van der Waals surface area (Å²) < 4.78 is 15.2. The summed E-state index contributed by atoms with van der Waals surface area (Å²) in [5.41, 5.74) is 0. The quantitative estimate of drug-likeness (QED) is 0.266. The number of carbonyl (C=O) groups is 1.